The monoisotopic (exact) mass is 169 g/mol. The van der Waals surface area contributed by atoms with Crippen molar-refractivity contribution >= 4 is 6.03 Å². The van der Waals surface area contributed by atoms with E-state index in [0.717, 1.165) is 26.2 Å². The quantitative estimate of drug-likeness (QED) is 0.496. The van der Waals surface area contributed by atoms with Crippen LogP contribution in [-0.4, -0.2) is 67.0 Å². The Balaban J connectivity index is 2.09. The molecule has 2 rings (SSSR count). The molecule has 4 heteroatoms. The molecule has 12 heavy (non-hydrogen) atoms. The van der Waals surface area contributed by atoms with E-state index in [1.54, 1.807) is 0 Å². The third-order valence-corrected chi connectivity index (χ3v) is 2.74. The van der Waals surface area contributed by atoms with Gasteiger partial charge in [0, 0.05) is 33.2 Å². The van der Waals surface area contributed by atoms with Crippen LogP contribution in [0.3, 0.4) is 0 Å². The van der Waals surface area contributed by atoms with E-state index < -0.39 is 0 Å². The van der Waals surface area contributed by atoms with Gasteiger partial charge < -0.3 is 14.7 Å². The minimum atomic E-state index is 0.202. The Kier molecular flexibility index (Phi) is 1.72. The van der Waals surface area contributed by atoms with Gasteiger partial charge in [0.1, 0.15) is 0 Å². The Morgan fingerprint density at radius 3 is 2.75 bits per heavy atom. The predicted octanol–water partition coefficient (Wildman–Crippen LogP) is -0.332. The topological polar surface area (TPSA) is 26.8 Å². The van der Waals surface area contributed by atoms with E-state index in [9.17, 15) is 4.79 Å². The number of carbonyl (C=O) groups excluding carboxylic acids is 1. The molecule has 0 N–H and O–H groups in total. The lowest BCUT2D eigenvalue weighted by atomic mass is 10.2. The van der Waals surface area contributed by atoms with Crippen LogP contribution in [0.5, 0.6) is 0 Å². The molecule has 0 aromatic rings. The standard InChI is InChI=1S/C8H15N3O/c1-9-3-4-11-7(5-9)6-10(2)8(11)12/h7H,3-6H2,1-2H3/t7-/m0/s1. The number of likely N-dealkylation sites (N-methyl/N-ethyl adjacent to an activating group) is 2. The van der Waals surface area contributed by atoms with E-state index in [1.165, 1.54) is 0 Å². The summed E-state index contributed by atoms with van der Waals surface area (Å²) in [4.78, 5) is 17.6. The summed E-state index contributed by atoms with van der Waals surface area (Å²) >= 11 is 0. The van der Waals surface area contributed by atoms with Crippen LogP contribution < -0.4 is 0 Å². The summed E-state index contributed by atoms with van der Waals surface area (Å²) in [6, 6.07) is 0.634. The largest absolute Gasteiger partial charge is 0.326 e. The summed E-state index contributed by atoms with van der Waals surface area (Å²) in [7, 11) is 3.99. The van der Waals surface area contributed by atoms with Crippen LogP contribution in [-0.2, 0) is 0 Å². The summed E-state index contributed by atoms with van der Waals surface area (Å²) < 4.78 is 0. The van der Waals surface area contributed by atoms with Crippen molar-refractivity contribution in [3.63, 3.8) is 0 Å². The van der Waals surface area contributed by atoms with Crippen molar-refractivity contribution in [1.82, 2.24) is 14.7 Å². The van der Waals surface area contributed by atoms with Gasteiger partial charge in [-0.25, -0.2) is 4.79 Å². The number of hydrogen-bond donors (Lipinski definition) is 0. The fraction of sp³-hybridized carbons (Fsp3) is 0.875. The van der Waals surface area contributed by atoms with E-state index in [-0.39, 0.29) is 6.03 Å². The first-order valence-corrected chi connectivity index (χ1v) is 4.39. The number of fused-ring (bicyclic) bond motifs is 1. The highest BCUT2D eigenvalue weighted by molar-refractivity contribution is 5.77. The number of rotatable bonds is 0. The van der Waals surface area contributed by atoms with E-state index in [0.29, 0.717) is 6.04 Å². The minimum Gasteiger partial charge on any atom is -0.326 e. The van der Waals surface area contributed by atoms with Gasteiger partial charge in [-0.2, -0.15) is 0 Å². The number of piperazine rings is 1. The highest BCUT2D eigenvalue weighted by Crippen LogP contribution is 2.17. The van der Waals surface area contributed by atoms with Crippen LogP contribution in [0.1, 0.15) is 0 Å². The van der Waals surface area contributed by atoms with Crippen molar-refractivity contribution in [1.29, 1.82) is 0 Å². The van der Waals surface area contributed by atoms with E-state index in [1.807, 2.05) is 16.8 Å². The highest BCUT2D eigenvalue weighted by Gasteiger charge is 2.37. The number of hydrogen-bond acceptors (Lipinski definition) is 2. The first kappa shape index (κ1) is 7.86. The molecule has 1 atom stereocenters. The first-order valence-electron chi connectivity index (χ1n) is 4.39. The Morgan fingerprint density at radius 1 is 1.25 bits per heavy atom. The summed E-state index contributed by atoms with van der Waals surface area (Å²) in [5.74, 6) is 0. The summed E-state index contributed by atoms with van der Waals surface area (Å²) in [5.41, 5.74) is 0. The van der Waals surface area contributed by atoms with Gasteiger partial charge in [-0.05, 0) is 7.05 Å². The maximum Gasteiger partial charge on any atom is 0.320 e. The molecule has 0 unspecified atom stereocenters. The van der Waals surface area contributed by atoms with Crippen molar-refractivity contribution in [2.45, 2.75) is 6.04 Å². The summed E-state index contributed by atoms with van der Waals surface area (Å²) in [5, 5.41) is 0. The van der Waals surface area contributed by atoms with Crippen molar-refractivity contribution in [3.8, 4) is 0 Å². The molecular weight excluding hydrogens is 154 g/mol. The molecule has 2 aliphatic rings. The second-order valence-electron chi connectivity index (χ2n) is 3.77. The minimum absolute atomic E-state index is 0.202. The van der Waals surface area contributed by atoms with Gasteiger partial charge >= 0.3 is 6.03 Å². The van der Waals surface area contributed by atoms with Crippen molar-refractivity contribution < 1.29 is 4.79 Å². The molecule has 0 aliphatic carbocycles. The molecule has 2 amide bonds. The Hall–Kier alpha value is -0.770. The van der Waals surface area contributed by atoms with Gasteiger partial charge in [-0.15, -0.1) is 0 Å². The second-order valence-corrected chi connectivity index (χ2v) is 3.77. The molecule has 0 aromatic carbocycles. The lowest BCUT2D eigenvalue weighted by Crippen LogP contribution is -2.50. The number of carbonyl (C=O) groups is 1. The van der Waals surface area contributed by atoms with Crippen molar-refractivity contribution in [3.05, 3.63) is 0 Å². The zero-order valence-electron chi connectivity index (χ0n) is 7.66. The van der Waals surface area contributed by atoms with Crippen molar-refractivity contribution in [2.24, 2.45) is 0 Å². The Labute approximate surface area is 72.7 Å². The molecule has 68 valence electrons. The maximum atomic E-state index is 11.5. The number of urea groups is 1. The van der Waals surface area contributed by atoms with Crippen LogP contribution in [0.25, 0.3) is 0 Å². The first-order chi connectivity index (χ1) is 5.68. The molecule has 2 saturated heterocycles. The molecule has 0 aromatic heterocycles. The number of nitrogens with zero attached hydrogens (tertiary/aromatic N) is 3. The molecule has 4 nitrogen and oxygen atoms in total. The lowest BCUT2D eigenvalue weighted by Gasteiger charge is -2.33. The molecule has 0 bridgehead atoms. The SMILES string of the molecule is CN1CCN2C(=O)N(C)C[C@@H]2C1. The number of amides is 2. The molecule has 0 saturated carbocycles. The second kappa shape index (κ2) is 2.62. The lowest BCUT2D eigenvalue weighted by molar-refractivity contribution is 0.138. The average molecular weight is 169 g/mol. The maximum absolute atomic E-state index is 11.5. The smallest absolute Gasteiger partial charge is 0.320 e. The molecule has 2 fully saturated rings. The fourth-order valence-electron chi connectivity index (χ4n) is 2.03. The van der Waals surface area contributed by atoms with Gasteiger partial charge in [-0.3, -0.25) is 0 Å². The highest BCUT2D eigenvalue weighted by atomic mass is 16.2. The van der Waals surface area contributed by atoms with Crippen LogP contribution >= 0.6 is 0 Å². The summed E-state index contributed by atoms with van der Waals surface area (Å²) in [6.07, 6.45) is 0. The van der Waals surface area contributed by atoms with Crippen LogP contribution in [0.15, 0.2) is 0 Å². The van der Waals surface area contributed by atoms with E-state index >= 15 is 0 Å². The van der Waals surface area contributed by atoms with Gasteiger partial charge in [-0.1, -0.05) is 0 Å². The van der Waals surface area contributed by atoms with Gasteiger partial charge in [0.25, 0.3) is 0 Å². The van der Waals surface area contributed by atoms with Crippen LogP contribution in [0.4, 0.5) is 4.79 Å². The summed E-state index contributed by atoms with van der Waals surface area (Å²) in [6.45, 7) is 3.82. The normalized spacial score (nSPS) is 31.2. The molecule has 2 aliphatic heterocycles. The third-order valence-electron chi connectivity index (χ3n) is 2.74. The molecular formula is C8H15N3O. The van der Waals surface area contributed by atoms with Gasteiger partial charge in [0.15, 0.2) is 0 Å². The van der Waals surface area contributed by atoms with Crippen LogP contribution in [0.2, 0.25) is 0 Å². The van der Waals surface area contributed by atoms with Gasteiger partial charge in [0.05, 0.1) is 6.04 Å². The molecule has 0 radical (unpaired) electrons. The van der Waals surface area contributed by atoms with Crippen LogP contribution in [0, 0.1) is 0 Å². The van der Waals surface area contributed by atoms with E-state index in [4.69, 9.17) is 0 Å². The van der Waals surface area contributed by atoms with Gasteiger partial charge in [0.2, 0.25) is 0 Å². The van der Waals surface area contributed by atoms with E-state index in [2.05, 4.69) is 11.9 Å². The fourth-order valence-corrected chi connectivity index (χ4v) is 2.03. The Morgan fingerprint density at radius 2 is 2.00 bits per heavy atom. The third kappa shape index (κ3) is 1.06. The molecule has 2 heterocycles. The molecule has 0 spiro atoms. The zero-order valence-corrected chi connectivity index (χ0v) is 7.66. The Bertz CT molecular complexity index is 206. The van der Waals surface area contributed by atoms with Crippen molar-refractivity contribution in [2.75, 3.05) is 40.3 Å². The average Bonchev–Trinajstić information content (AvgIpc) is 2.28. The predicted molar refractivity (Wildman–Crippen MR) is 46.0 cm³/mol. The zero-order chi connectivity index (χ0) is 8.72.